The van der Waals surface area contributed by atoms with E-state index in [9.17, 15) is 4.79 Å². The minimum Gasteiger partial charge on any atom is -0.486 e. The summed E-state index contributed by atoms with van der Waals surface area (Å²) in [5.74, 6) is 1.46. The van der Waals surface area contributed by atoms with Crippen LogP contribution in [-0.2, 0) is 17.9 Å². The average Bonchev–Trinajstić information content (AvgIpc) is 2.66. The van der Waals surface area contributed by atoms with Crippen molar-refractivity contribution in [2.45, 2.75) is 26.1 Å². The number of nitrogens with one attached hydrogen (secondary N) is 2. The van der Waals surface area contributed by atoms with Crippen molar-refractivity contribution in [1.29, 1.82) is 0 Å². The molecule has 2 amide bonds. The van der Waals surface area contributed by atoms with Crippen LogP contribution < -0.4 is 20.1 Å². The Balaban J connectivity index is 1.53. The number of benzene rings is 2. The fourth-order valence-electron chi connectivity index (χ4n) is 2.84. The Kier molecular flexibility index (Phi) is 5.96. The maximum atomic E-state index is 12.2. The van der Waals surface area contributed by atoms with Crippen LogP contribution in [0.15, 0.2) is 42.5 Å². The highest BCUT2D eigenvalue weighted by Crippen LogP contribution is 2.32. The smallest absolute Gasteiger partial charge is 0.315 e. The van der Waals surface area contributed by atoms with Gasteiger partial charge in [-0.15, -0.1) is 0 Å². The number of urea groups is 1. The third-order valence-corrected chi connectivity index (χ3v) is 4.17. The molecule has 1 aliphatic rings. The first-order valence-corrected chi connectivity index (χ1v) is 8.66. The Bertz CT molecular complexity index is 763. The van der Waals surface area contributed by atoms with E-state index >= 15 is 0 Å². The van der Waals surface area contributed by atoms with Gasteiger partial charge in [-0.25, -0.2) is 4.79 Å². The van der Waals surface area contributed by atoms with Crippen molar-refractivity contribution < 1.29 is 19.0 Å². The van der Waals surface area contributed by atoms with E-state index in [4.69, 9.17) is 14.2 Å². The molecular formula is C20H24N2O4. The van der Waals surface area contributed by atoms with Gasteiger partial charge in [0, 0.05) is 13.7 Å². The number of hydrogen-bond acceptors (Lipinski definition) is 4. The number of fused-ring (bicyclic) bond motifs is 1. The molecule has 0 aromatic heterocycles. The molecule has 6 nitrogen and oxygen atoms in total. The largest absolute Gasteiger partial charge is 0.486 e. The van der Waals surface area contributed by atoms with Gasteiger partial charge in [0.1, 0.15) is 13.2 Å². The molecule has 0 saturated heterocycles. The van der Waals surface area contributed by atoms with Crippen LogP contribution >= 0.6 is 0 Å². The fourth-order valence-corrected chi connectivity index (χ4v) is 2.84. The second-order valence-corrected chi connectivity index (χ2v) is 6.20. The highest BCUT2D eigenvalue weighted by atomic mass is 16.6. The lowest BCUT2D eigenvalue weighted by atomic mass is 10.1. The lowest BCUT2D eigenvalue weighted by Crippen LogP contribution is -2.36. The Labute approximate surface area is 153 Å². The first-order chi connectivity index (χ1) is 12.7. The number of amides is 2. The summed E-state index contributed by atoms with van der Waals surface area (Å²) in [6, 6.07) is 13.3. The van der Waals surface area contributed by atoms with Crippen molar-refractivity contribution in [3.05, 3.63) is 59.2 Å². The van der Waals surface area contributed by atoms with Crippen molar-refractivity contribution in [2.75, 3.05) is 20.3 Å². The number of carbonyl (C=O) groups is 1. The molecule has 3 rings (SSSR count). The molecular weight excluding hydrogens is 332 g/mol. The van der Waals surface area contributed by atoms with Gasteiger partial charge in [-0.2, -0.15) is 0 Å². The van der Waals surface area contributed by atoms with Gasteiger partial charge in [0.15, 0.2) is 11.5 Å². The number of carbonyl (C=O) groups excluding carboxylic acids is 1. The van der Waals surface area contributed by atoms with Crippen molar-refractivity contribution in [3.8, 4) is 11.5 Å². The second-order valence-electron chi connectivity index (χ2n) is 6.20. The number of rotatable bonds is 6. The quantitative estimate of drug-likeness (QED) is 0.834. The van der Waals surface area contributed by atoms with Crippen molar-refractivity contribution in [1.82, 2.24) is 10.6 Å². The van der Waals surface area contributed by atoms with Crippen LogP contribution in [0.3, 0.4) is 0 Å². The van der Waals surface area contributed by atoms with Crippen molar-refractivity contribution in [3.63, 3.8) is 0 Å². The van der Waals surface area contributed by atoms with Crippen LogP contribution in [0.5, 0.6) is 11.5 Å². The standard InChI is InChI=1S/C20H24N2O4/c1-14(17-6-7-18-19(11-17)26-9-8-25-18)22-20(23)21-12-15-4-3-5-16(10-15)13-24-2/h3-7,10-11,14H,8-9,12-13H2,1-2H3,(H2,21,22,23). The molecule has 1 heterocycles. The van der Waals surface area contributed by atoms with Gasteiger partial charge in [-0.1, -0.05) is 30.3 Å². The number of hydrogen-bond donors (Lipinski definition) is 2. The van der Waals surface area contributed by atoms with Gasteiger partial charge in [-0.3, -0.25) is 0 Å². The molecule has 2 aromatic carbocycles. The third-order valence-electron chi connectivity index (χ3n) is 4.17. The predicted molar refractivity (Wildman–Crippen MR) is 98.4 cm³/mol. The van der Waals surface area contributed by atoms with Crippen molar-refractivity contribution in [2.24, 2.45) is 0 Å². The predicted octanol–water partition coefficient (Wildman–Crippen LogP) is 3.16. The van der Waals surface area contributed by atoms with E-state index in [1.807, 2.05) is 49.4 Å². The van der Waals surface area contributed by atoms with Crippen LogP contribution in [0.25, 0.3) is 0 Å². The molecule has 1 atom stereocenters. The van der Waals surface area contributed by atoms with Crippen LogP contribution in [0.2, 0.25) is 0 Å². The topological polar surface area (TPSA) is 68.8 Å². The molecule has 2 aromatic rings. The Morgan fingerprint density at radius 1 is 1.12 bits per heavy atom. The van der Waals surface area contributed by atoms with Gasteiger partial charge < -0.3 is 24.8 Å². The molecule has 0 aliphatic carbocycles. The summed E-state index contributed by atoms with van der Waals surface area (Å²) in [5.41, 5.74) is 3.07. The summed E-state index contributed by atoms with van der Waals surface area (Å²) >= 11 is 0. The molecule has 0 saturated carbocycles. The minimum atomic E-state index is -0.218. The van der Waals surface area contributed by atoms with Gasteiger partial charge in [0.2, 0.25) is 0 Å². The van der Waals surface area contributed by atoms with Crippen LogP contribution in [0.1, 0.15) is 29.7 Å². The first-order valence-electron chi connectivity index (χ1n) is 8.66. The van der Waals surface area contributed by atoms with E-state index in [0.717, 1.165) is 28.2 Å². The number of methoxy groups -OCH3 is 1. The molecule has 0 fully saturated rings. The van der Waals surface area contributed by atoms with E-state index in [1.165, 1.54) is 0 Å². The Morgan fingerprint density at radius 3 is 2.69 bits per heavy atom. The van der Waals surface area contributed by atoms with Gasteiger partial charge in [0.25, 0.3) is 0 Å². The summed E-state index contributed by atoms with van der Waals surface area (Å²) in [7, 11) is 1.66. The Hall–Kier alpha value is -2.73. The van der Waals surface area contributed by atoms with E-state index in [2.05, 4.69) is 10.6 Å². The molecule has 1 aliphatic heterocycles. The van der Waals surface area contributed by atoms with E-state index in [-0.39, 0.29) is 12.1 Å². The highest BCUT2D eigenvalue weighted by Gasteiger charge is 2.15. The normalized spacial score (nSPS) is 13.8. The minimum absolute atomic E-state index is 0.148. The summed E-state index contributed by atoms with van der Waals surface area (Å²) in [4.78, 5) is 12.2. The van der Waals surface area contributed by atoms with Crippen LogP contribution in [0, 0.1) is 0 Å². The molecule has 138 valence electrons. The monoisotopic (exact) mass is 356 g/mol. The van der Waals surface area contributed by atoms with Gasteiger partial charge >= 0.3 is 6.03 Å². The first kappa shape index (κ1) is 18.1. The van der Waals surface area contributed by atoms with Gasteiger partial charge in [0.05, 0.1) is 12.6 Å². The maximum Gasteiger partial charge on any atom is 0.315 e. The van der Waals surface area contributed by atoms with Crippen LogP contribution in [-0.4, -0.2) is 26.4 Å². The zero-order chi connectivity index (χ0) is 18.4. The van der Waals surface area contributed by atoms with E-state index in [1.54, 1.807) is 7.11 Å². The lowest BCUT2D eigenvalue weighted by Gasteiger charge is -2.21. The summed E-state index contributed by atoms with van der Waals surface area (Å²) in [6.07, 6.45) is 0. The van der Waals surface area contributed by atoms with E-state index in [0.29, 0.717) is 26.4 Å². The Morgan fingerprint density at radius 2 is 1.88 bits per heavy atom. The summed E-state index contributed by atoms with van der Waals surface area (Å²) in [6.45, 7) is 4.05. The molecule has 0 bridgehead atoms. The fraction of sp³-hybridized carbons (Fsp3) is 0.350. The van der Waals surface area contributed by atoms with Gasteiger partial charge in [-0.05, 0) is 35.7 Å². The molecule has 2 N–H and O–H groups in total. The van der Waals surface area contributed by atoms with Crippen molar-refractivity contribution >= 4 is 6.03 Å². The maximum absolute atomic E-state index is 12.2. The van der Waals surface area contributed by atoms with E-state index < -0.39 is 0 Å². The lowest BCUT2D eigenvalue weighted by molar-refractivity contribution is 0.171. The zero-order valence-electron chi connectivity index (χ0n) is 15.1. The molecule has 6 heteroatoms. The summed E-state index contributed by atoms with van der Waals surface area (Å²) < 4.78 is 16.2. The molecule has 26 heavy (non-hydrogen) atoms. The number of ether oxygens (including phenoxy) is 3. The summed E-state index contributed by atoms with van der Waals surface area (Å²) in [5, 5.41) is 5.83. The molecule has 0 spiro atoms. The van der Waals surface area contributed by atoms with Crippen LogP contribution in [0.4, 0.5) is 4.79 Å². The molecule has 1 unspecified atom stereocenters. The second kappa shape index (κ2) is 8.58. The third kappa shape index (κ3) is 4.67. The zero-order valence-corrected chi connectivity index (χ0v) is 15.1. The highest BCUT2D eigenvalue weighted by molar-refractivity contribution is 5.74. The average molecular weight is 356 g/mol. The molecule has 0 radical (unpaired) electrons. The SMILES string of the molecule is COCc1cccc(CNC(=O)NC(C)c2ccc3c(c2)OCCO3)c1.